The molecule has 5 heteroatoms. The molecule has 0 radical (unpaired) electrons. The number of pyridine rings is 1. The molecular formula is C13H19N3O2. The van der Waals surface area contributed by atoms with Crippen LogP contribution >= 0.6 is 0 Å². The number of rotatable bonds is 2. The second kappa shape index (κ2) is 5.35. The molecule has 0 aromatic carbocycles. The van der Waals surface area contributed by atoms with E-state index in [0.717, 1.165) is 19.5 Å². The number of likely N-dealkylation sites (N-methyl/N-ethyl adjacent to an activating group) is 1. The van der Waals surface area contributed by atoms with Crippen molar-refractivity contribution in [3.8, 4) is 0 Å². The number of H-pyrrole nitrogens is 1. The Balaban J connectivity index is 2.12. The second-order valence-electron chi connectivity index (χ2n) is 4.72. The minimum absolute atomic E-state index is 0.0840. The van der Waals surface area contributed by atoms with E-state index in [1.165, 1.54) is 6.07 Å². The van der Waals surface area contributed by atoms with Gasteiger partial charge in [0.1, 0.15) is 5.69 Å². The summed E-state index contributed by atoms with van der Waals surface area (Å²) in [5, 5.41) is 0. The van der Waals surface area contributed by atoms with E-state index < -0.39 is 0 Å². The van der Waals surface area contributed by atoms with Crippen LogP contribution in [0.5, 0.6) is 0 Å². The molecular weight excluding hydrogens is 230 g/mol. The quantitative estimate of drug-likeness (QED) is 0.832. The first kappa shape index (κ1) is 12.8. The Kier molecular flexibility index (Phi) is 3.81. The number of hydrogen-bond acceptors (Lipinski definition) is 3. The molecule has 1 aliphatic heterocycles. The SMILES string of the molecule is CCC1CN(C(=O)c2cccc(=O)[nH]2)CCN1C. The van der Waals surface area contributed by atoms with Crippen LogP contribution in [0.25, 0.3) is 0 Å². The van der Waals surface area contributed by atoms with Crippen LogP contribution in [-0.2, 0) is 0 Å². The summed E-state index contributed by atoms with van der Waals surface area (Å²) < 4.78 is 0. The van der Waals surface area contributed by atoms with E-state index in [0.29, 0.717) is 18.3 Å². The summed E-state index contributed by atoms with van der Waals surface area (Å²) in [7, 11) is 2.08. The molecule has 1 saturated heterocycles. The summed E-state index contributed by atoms with van der Waals surface area (Å²) >= 11 is 0. The summed E-state index contributed by atoms with van der Waals surface area (Å²) in [5.41, 5.74) is 0.143. The molecule has 1 fully saturated rings. The normalized spacial score (nSPS) is 21.0. The van der Waals surface area contributed by atoms with Gasteiger partial charge in [-0.1, -0.05) is 13.0 Å². The monoisotopic (exact) mass is 249 g/mol. The summed E-state index contributed by atoms with van der Waals surface area (Å²) in [4.78, 5) is 30.2. The van der Waals surface area contributed by atoms with Gasteiger partial charge in [0.25, 0.3) is 5.91 Å². The molecule has 1 aromatic heterocycles. The fourth-order valence-electron chi connectivity index (χ4n) is 2.31. The zero-order valence-corrected chi connectivity index (χ0v) is 10.8. The van der Waals surface area contributed by atoms with Crippen molar-refractivity contribution in [3.05, 3.63) is 34.2 Å². The van der Waals surface area contributed by atoms with Crippen LogP contribution in [0, 0.1) is 0 Å². The van der Waals surface area contributed by atoms with Gasteiger partial charge in [0.05, 0.1) is 0 Å². The number of nitrogens with zero attached hydrogens (tertiary/aromatic N) is 2. The molecule has 5 nitrogen and oxygen atoms in total. The lowest BCUT2D eigenvalue weighted by Crippen LogP contribution is -2.53. The lowest BCUT2D eigenvalue weighted by atomic mass is 10.1. The fraction of sp³-hybridized carbons (Fsp3) is 0.538. The summed E-state index contributed by atoms with van der Waals surface area (Å²) in [6.45, 7) is 4.44. The second-order valence-corrected chi connectivity index (χ2v) is 4.72. The van der Waals surface area contributed by atoms with Crippen LogP contribution in [0.1, 0.15) is 23.8 Å². The number of piperazine rings is 1. The van der Waals surface area contributed by atoms with Gasteiger partial charge in [0.2, 0.25) is 5.56 Å². The predicted octanol–water partition coefficient (Wildman–Crippen LogP) is 0.541. The Morgan fingerprint density at radius 2 is 2.22 bits per heavy atom. The van der Waals surface area contributed by atoms with Crippen molar-refractivity contribution in [2.45, 2.75) is 19.4 Å². The Labute approximate surface area is 106 Å². The smallest absolute Gasteiger partial charge is 0.270 e. The maximum atomic E-state index is 12.3. The molecule has 18 heavy (non-hydrogen) atoms. The highest BCUT2D eigenvalue weighted by molar-refractivity contribution is 5.92. The minimum atomic E-state index is -0.234. The molecule has 1 unspecified atom stereocenters. The lowest BCUT2D eigenvalue weighted by molar-refractivity contribution is 0.0536. The van der Waals surface area contributed by atoms with Crippen molar-refractivity contribution >= 4 is 5.91 Å². The highest BCUT2D eigenvalue weighted by Crippen LogP contribution is 2.12. The zero-order valence-electron chi connectivity index (χ0n) is 10.8. The van der Waals surface area contributed by atoms with Gasteiger partial charge in [-0.3, -0.25) is 14.5 Å². The third kappa shape index (κ3) is 2.61. The van der Waals surface area contributed by atoms with Crippen molar-refractivity contribution in [3.63, 3.8) is 0 Å². The average Bonchev–Trinajstić information content (AvgIpc) is 2.38. The van der Waals surface area contributed by atoms with E-state index in [1.807, 2.05) is 4.90 Å². The molecule has 0 aliphatic carbocycles. The third-order valence-corrected chi connectivity index (χ3v) is 3.53. The van der Waals surface area contributed by atoms with Crippen LogP contribution in [0.2, 0.25) is 0 Å². The van der Waals surface area contributed by atoms with E-state index in [-0.39, 0.29) is 11.5 Å². The van der Waals surface area contributed by atoms with Gasteiger partial charge in [0.15, 0.2) is 0 Å². The number of aromatic nitrogens is 1. The first-order chi connectivity index (χ1) is 8.61. The lowest BCUT2D eigenvalue weighted by Gasteiger charge is -2.39. The van der Waals surface area contributed by atoms with Crippen LogP contribution < -0.4 is 5.56 Å². The highest BCUT2D eigenvalue weighted by atomic mass is 16.2. The topological polar surface area (TPSA) is 56.4 Å². The Morgan fingerprint density at radius 1 is 1.44 bits per heavy atom. The molecule has 2 rings (SSSR count). The fourth-order valence-corrected chi connectivity index (χ4v) is 2.31. The van der Waals surface area contributed by atoms with Crippen LogP contribution in [0.15, 0.2) is 23.0 Å². The van der Waals surface area contributed by atoms with Crippen molar-refractivity contribution in [2.24, 2.45) is 0 Å². The molecule has 1 N–H and O–H groups in total. The zero-order chi connectivity index (χ0) is 13.1. The van der Waals surface area contributed by atoms with Crippen molar-refractivity contribution < 1.29 is 4.79 Å². The van der Waals surface area contributed by atoms with E-state index in [2.05, 4.69) is 23.9 Å². The molecule has 1 aliphatic rings. The van der Waals surface area contributed by atoms with Gasteiger partial charge < -0.3 is 9.88 Å². The molecule has 1 aromatic rings. The first-order valence-electron chi connectivity index (χ1n) is 6.30. The molecule has 0 bridgehead atoms. The van der Waals surface area contributed by atoms with Gasteiger partial charge in [-0.05, 0) is 19.5 Å². The maximum Gasteiger partial charge on any atom is 0.270 e. The maximum absolute atomic E-state index is 12.3. The molecule has 0 saturated carbocycles. The molecule has 98 valence electrons. The first-order valence-corrected chi connectivity index (χ1v) is 6.30. The number of hydrogen-bond donors (Lipinski definition) is 1. The molecule has 1 atom stereocenters. The standard InChI is InChI=1S/C13H19N3O2/c1-3-10-9-16(8-7-15(10)2)13(18)11-5-4-6-12(17)14-11/h4-6,10H,3,7-9H2,1-2H3,(H,14,17). The largest absolute Gasteiger partial charge is 0.335 e. The average molecular weight is 249 g/mol. The van der Waals surface area contributed by atoms with E-state index in [9.17, 15) is 9.59 Å². The van der Waals surface area contributed by atoms with Crippen LogP contribution in [0.3, 0.4) is 0 Å². The number of aromatic amines is 1. The summed E-state index contributed by atoms with van der Waals surface area (Å²) in [6.07, 6.45) is 1.02. The molecule has 2 heterocycles. The minimum Gasteiger partial charge on any atom is -0.335 e. The van der Waals surface area contributed by atoms with Crippen molar-refractivity contribution in [1.82, 2.24) is 14.8 Å². The van der Waals surface area contributed by atoms with Crippen LogP contribution in [-0.4, -0.2) is 53.4 Å². The van der Waals surface area contributed by atoms with E-state index in [4.69, 9.17) is 0 Å². The Hall–Kier alpha value is -1.62. The van der Waals surface area contributed by atoms with Crippen LogP contribution in [0.4, 0.5) is 0 Å². The number of carbonyl (C=O) groups is 1. The van der Waals surface area contributed by atoms with Gasteiger partial charge in [-0.25, -0.2) is 0 Å². The van der Waals surface area contributed by atoms with Gasteiger partial charge in [-0.2, -0.15) is 0 Å². The molecule has 1 amide bonds. The molecule has 0 spiro atoms. The number of carbonyl (C=O) groups excluding carboxylic acids is 1. The number of amides is 1. The van der Waals surface area contributed by atoms with Gasteiger partial charge >= 0.3 is 0 Å². The Morgan fingerprint density at radius 3 is 2.89 bits per heavy atom. The van der Waals surface area contributed by atoms with Crippen molar-refractivity contribution in [2.75, 3.05) is 26.7 Å². The predicted molar refractivity (Wildman–Crippen MR) is 69.7 cm³/mol. The summed E-state index contributed by atoms with van der Waals surface area (Å²) in [5.74, 6) is -0.0840. The Bertz CT molecular complexity index is 483. The van der Waals surface area contributed by atoms with Crippen molar-refractivity contribution in [1.29, 1.82) is 0 Å². The van der Waals surface area contributed by atoms with Gasteiger partial charge in [0, 0.05) is 31.7 Å². The number of nitrogens with one attached hydrogen (secondary N) is 1. The third-order valence-electron chi connectivity index (χ3n) is 3.53. The summed E-state index contributed by atoms with van der Waals surface area (Å²) in [6, 6.07) is 5.08. The highest BCUT2D eigenvalue weighted by Gasteiger charge is 2.26. The van der Waals surface area contributed by atoms with E-state index >= 15 is 0 Å². The van der Waals surface area contributed by atoms with Gasteiger partial charge in [-0.15, -0.1) is 0 Å². The van der Waals surface area contributed by atoms with E-state index in [1.54, 1.807) is 12.1 Å².